The number of methoxy groups -OCH3 is 1. The van der Waals surface area contributed by atoms with Crippen molar-refractivity contribution in [3.05, 3.63) is 76.7 Å². The fourth-order valence-corrected chi connectivity index (χ4v) is 3.20. The Hall–Kier alpha value is -3.79. The Balaban J connectivity index is 1.50. The monoisotopic (exact) mass is 480 g/mol. The van der Waals surface area contributed by atoms with Gasteiger partial charge in [-0.15, -0.1) is 5.10 Å². The number of anilines is 1. The van der Waals surface area contributed by atoms with Crippen LogP contribution in [-0.2, 0) is 0 Å². The summed E-state index contributed by atoms with van der Waals surface area (Å²) in [6, 6.07) is 15.9. The van der Waals surface area contributed by atoms with E-state index < -0.39 is 0 Å². The van der Waals surface area contributed by atoms with Crippen molar-refractivity contribution in [1.29, 1.82) is 0 Å². The predicted molar refractivity (Wildman–Crippen MR) is 117 cm³/mol. The number of nitrogens with zero attached hydrogens (tertiary/aromatic N) is 5. The van der Waals surface area contributed by atoms with E-state index in [0.717, 1.165) is 4.47 Å². The molecule has 10 heteroatoms. The molecule has 4 rings (SSSR count). The van der Waals surface area contributed by atoms with Crippen LogP contribution in [0.15, 0.2) is 65.3 Å². The predicted octanol–water partition coefficient (Wildman–Crippen LogP) is 4.18. The molecule has 9 nitrogen and oxygen atoms in total. The maximum Gasteiger partial charge on any atom is 0.257 e. The lowest BCUT2D eigenvalue weighted by Gasteiger charge is -2.12. The van der Waals surface area contributed by atoms with E-state index >= 15 is 0 Å². The van der Waals surface area contributed by atoms with Crippen LogP contribution in [0.4, 0.5) is 5.69 Å². The zero-order valence-corrected chi connectivity index (χ0v) is 18.2. The highest BCUT2D eigenvalue weighted by Crippen LogP contribution is 2.27. The van der Waals surface area contributed by atoms with Crippen LogP contribution in [0.3, 0.4) is 0 Å². The molecule has 0 aliphatic rings. The Labute approximate surface area is 186 Å². The van der Waals surface area contributed by atoms with Gasteiger partial charge in [0.15, 0.2) is 5.82 Å². The number of halogens is 1. The molecule has 156 valence electrons. The summed E-state index contributed by atoms with van der Waals surface area (Å²) in [7, 11) is 1.56. The zero-order chi connectivity index (χ0) is 21.8. The van der Waals surface area contributed by atoms with Crippen molar-refractivity contribution in [3.63, 3.8) is 0 Å². The van der Waals surface area contributed by atoms with Gasteiger partial charge in [0.2, 0.25) is 5.88 Å². The van der Waals surface area contributed by atoms with Crippen LogP contribution in [0.2, 0.25) is 0 Å². The van der Waals surface area contributed by atoms with Gasteiger partial charge in [-0.05, 0) is 59.8 Å². The molecule has 0 atom stereocenters. The van der Waals surface area contributed by atoms with Gasteiger partial charge in [-0.25, -0.2) is 4.98 Å². The van der Waals surface area contributed by atoms with Crippen molar-refractivity contribution in [2.24, 2.45) is 0 Å². The Morgan fingerprint density at radius 1 is 1.13 bits per heavy atom. The van der Waals surface area contributed by atoms with Crippen LogP contribution in [-0.4, -0.2) is 38.2 Å². The summed E-state index contributed by atoms with van der Waals surface area (Å²) in [5, 5.41) is 14.3. The lowest BCUT2D eigenvalue weighted by molar-refractivity contribution is 0.102. The average molecular weight is 481 g/mol. The topological polar surface area (TPSA) is 104 Å². The minimum absolute atomic E-state index is 0.314. The summed E-state index contributed by atoms with van der Waals surface area (Å²) in [5.41, 5.74) is 1.56. The third-order valence-corrected chi connectivity index (χ3v) is 4.80. The van der Waals surface area contributed by atoms with Gasteiger partial charge < -0.3 is 14.8 Å². The highest BCUT2D eigenvalue weighted by molar-refractivity contribution is 9.10. The highest BCUT2D eigenvalue weighted by Gasteiger charge is 2.13. The number of aromatic nitrogens is 5. The summed E-state index contributed by atoms with van der Waals surface area (Å²) in [4.78, 5) is 16.9. The van der Waals surface area contributed by atoms with Crippen molar-refractivity contribution >= 4 is 27.5 Å². The largest absolute Gasteiger partial charge is 0.494 e. The number of tetrazole rings is 1. The first kappa shape index (κ1) is 20.5. The number of amides is 1. The molecule has 0 aliphatic carbocycles. The molecule has 4 aromatic rings. The molecule has 0 radical (unpaired) electrons. The van der Waals surface area contributed by atoms with Crippen molar-refractivity contribution in [2.45, 2.75) is 6.92 Å². The number of carbonyl (C=O) groups excluding carboxylic acids is 1. The van der Waals surface area contributed by atoms with E-state index in [-0.39, 0.29) is 5.91 Å². The molecule has 0 fully saturated rings. The number of nitrogens with one attached hydrogen (secondary N) is 1. The molecular weight excluding hydrogens is 464 g/mol. The Morgan fingerprint density at radius 2 is 2.00 bits per heavy atom. The summed E-state index contributed by atoms with van der Waals surface area (Å²) in [6.45, 7) is 1.77. The second-order valence-electron chi connectivity index (χ2n) is 6.42. The van der Waals surface area contributed by atoms with E-state index in [0.29, 0.717) is 40.1 Å². The molecule has 1 N–H and O–H groups in total. The zero-order valence-electron chi connectivity index (χ0n) is 16.6. The van der Waals surface area contributed by atoms with Crippen LogP contribution in [0.1, 0.15) is 16.2 Å². The number of aryl methyl sites for hydroxylation is 1. The maximum absolute atomic E-state index is 12.7. The van der Waals surface area contributed by atoms with Crippen molar-refractivity contribution in [2.75, 3.05) is 12.4 Å². The number of pyridine rings is 1. The number of rotatable bonds is 6. The fraction of sp³-hybridized carbons (Fsp3) is 0.0952. The van der Waals surface area contributed by atoms with E-state index in [1.54, 1.807) is 44.4 Å². The molecule has 2 aromatic heterocycles. The standard InChI is InChI=1S/C21H17BrN6O3/c1-13-25-26-27-28(13)18-11-16(7-8-19(18)30-2)24-21(29)14-6-9-20(23-12-14)31-17-5-3-4-15(22)10-17/h3-12H,1-2H3,(H,24,29). The SMILES string of the molecule is COc1ccc(NC(=O)c2ccc(Oc3cccc(Br)c3)nc2)cc1-n1nnnc1C. The number of hydrogen-bond acceptors (Lipinski definition) is 7. The normalized spacial score (nSPS) is 10.5. The van der Waals surface area contributed by atoms with Crippen molar-refractivity contribution < 1.29 is 14.3 Å². The number of carbonyl (C=O) groups is 1. The summed E-state index contributed by atoms with van der Waals surface area (Å²) >= 11 is 3.39. The van der Waals surface area contributed by atoms with Gasteiger partial charge in [-0.2, -0.15) is 4.68 Å². The minimum atomic E-state index is -0.314. The molecule has 0 unspecified atom stereocenters. The number of benzene rings is 2. The molecule has 0 saturated heterocycles. The summed E-state index contributed by atoms with van der Waals surface area (Å²) in [6.07, 6.45) is 1.46. The lowest BCUT2D eigenvalue weighted by Crippen LogP contribution is -2.13. The van der Waals surface area contributed by atoms with Crippen LogP contribution in [0, 0.1) is 6.92 Å². The van der Waals surface area contributed by atoms with E-state index in [1.165, 1.54) is 10.9 Å². The first-order valence-corrected chi connectivity index (χ1v) is 9.97. The fourth-order valence-electron chi connectivity index (χ4n) is 2.82. The minimum Gasteiger partial charge on any atom is -0.494 e. The molecule has 31 heavy (non-hydrogen) atoms. The average Bonchev–Trinajstić information content (AvgIpc) is 3.20. The van der Waals surface area contributed by atoms with Gasteiger partial charge in [0, 0.05) is 22.4 Å². The molecule has 0 saturated carbocycles. The molecule has 0 spiro atoms. The van der Waals surface area contributed by atoms with Gasteiger partial charge >= 0.3 is 0 Å². The van der Waals surface area contributed by atoms with E-state index in [1.807, 2.05) is 24.3 Å². The number of hydrogen-bond donors (Lipinski definition) is 1. The van der Waals surface area contributed by atoms with E-state index in [2.05, 4.69) is 41.8 Å². The Morgan fingerprint density at radius 3 is 2.68 bits per heavy atom. The summed E-state index contributed by atoms with van der Waals surface area (Å²) < 4.78 is 13.5. The molecule has 2 aromatic carbocycles. The maximum atomic E-state index is 12.7. The van der Waals surface area contributed by atoms with E-state index in [9.17, 15) is 4.79 Å². The third kappa shape index (κ3) is 4.69. The third-order valence-electron chi connectivity index (χ3n) is 4.31. The van der Waals surface area contributed by atoms with Gasteiger partial charge in [0.25, 0.3) is 5.91 Å². The molecule has 1 amide bonds. The van der Waals surface area contributed by atoms with E-state index in [4.69, 9.17) is 9.47 Å². The quantitative estimate of drug-likeness (QED) is 0.441. The van der Waals surface area contributed by atoms with Crippen LogP contribution < -0.4 is 14.8 Å². The Kier molecular flexibility index (Phi) is 5.89. The van der Waals surface area contributed by atoms with Gasteiger partial charge in [-0.1, -0.05) is 22.0 Å². The van der Waals surface area contributed by atoms with Gasteiger partial charge in [0.05, 0.1) is 12.7 Å². The summed E-state index contributed by atoms with van der Waals surface area (Å²) in [5.74, 6) is 1.88. The van der Waals surface area contributed by atoms with Crippen molar-refractivity contribution in [3.8, 4) is 23.1 Å². The molecular formula is C21H17BrN6O3. The van der Waals surface area contributed by atoms with Crippen LogP contribution in [0.5, 0.6) is 17.4 Å². The van der Waals surface area contributed by atoms with Gasteiger partial charge in [0.1, 0.15) is 17.2 Å². The van der Waals surface area contributed by atoms with Crippen LogP contribution in [0.25, 0.3) is 5.69 Å². The highest BCUT2D eigenvalue weighted by atomic mass is 79.9. The lowest BCUT2D eigenvalue weighted by atomic mass is 10.2. The molecule has 0 bridgehead atoms. The second-order valence-corrected chi connectivity index (χ2v) is 7.34. The smallest absolute Gasteiger partial charge is 0.257 e. The first-order chi connectivity index (χ1) is 15.0. The second kappa shape index (κ2) is 8.92. The van der Waals surface area contributed by atoms with Gasteiger partial charge in [-0.3, -0.25) is 4.79 Å². The Bertz CT molecular complexity index is 1230. The van der Waals surface area contributed by atoms with Crippen LogP contribution >= 0.6 is 15.9 Å². The number of ether oxygens (including phenoxy) is 2. The molecule has 0 aliphatic heterocycles. The molecule has 2 heterocycles. The first-order valence-electron chi connectivity index (χ1n) is 9.18. The van der Waals surface area contributed by atoms with Crippen molar-refractivity contribution in [1.82, 2.24) is 25.2 Å².